The van der Waals surface area contributed by atoms with Crippen LogP contribution in [0.15, 0.2) is 39.8 Å². The highest BCUT2D eigenvalue weighted by atomic mass is 16.5. The van der Waals surface area contributed by atoms with Crippen molar-refractivity contribution in [2.45, 2.75) is 0 Å². The Hall–Kier alpha value is -1.97. The number of aromatic nitrogens is 2. The van der Waals surface area contributed by atoms with Crippen LogP contribution in [0.1, 0.15) is 0 Å². The van der Waals surface area contributed by atoms with E-state index in [9.17, 15) is 0 Å². The van der Waals surface area contributed by atoms with Crippen molar-refractivity contribution in [2.75, 3.05) is 0 Å². The second-order valence-electron chi connectivity index (χ2n) is 2.42. The lowest BCUT2D eigenvalue weighted by atomic mass is 10.2. The number of rotatable bonds is 2. The summed E-state index contributed by atoms with van der Waals surface area (Å²) in [5.74, 6) is 0.531. The topological polar surface area (TPSA) is 51.3 Å². The Morgan fingerprint density at radius 3 is 2.62 bits per heavy atom. The summed E-state index contributed by atoms with van der Waals surface area (Å²) in [6, 6.07) is 9.74. The molecule has 0 N–H and O–H groups in total. The van der Waals surface area contributed by atoms with Gasteiger partial charge < -0.3 is 4.52 Å². The van der Waals surface area contributed by atoms with E-state index in [4.69, 9.17) is 4.52 Å². The number of benzene rings is 1. The minimum Gasteiger partial charge on any atom is -0.313 e. The summed E-state index contributed by atoms with van der Waals surface area (Å²) in [7, 11) is 0. The molecular weight excluding hydrogens is 166 g/mol. The number of aliphatic imine (C=N–C) groups is 1. The van der Waals surface area contributed by atoms with Crippen LogP contribution in [0.4, 0.5) is 6.01 Å². The highest BCUT2D eigenvalue weighted by Crippen LogP contribution is 2.17. The minimum atomic E-state index is 0.193. The van der Waals surface area contributed by atoms with Gasteiger partial charge in [-0.2, -0.15) is 4.98 Å². The highest BCUT2D eigenvalue weighted by Gasteiger charge is 2.04. The molecule has 0 fully saturated rings. The molecule has 0 aliphatic rings. The molecule has 1 aromatic carbocycles. The Balaban J connectivity index is 2.41. The normalized spacial score (nSPS) is 9.85. The standard InChI is InChI=1S/C9H7N3O/c1-10-9-11-8(12-13-9)7-5-3-2-4-6-7/h2-6H,1H2. The summed E-state index contributed by atoms with van der Waals surface area (Å²) >= 11 is 0. The van der Waals surface area contributed by atoms with Crippen LogP contribution < -0.4 is 0 Å². The van der Waals surface area contributed by atoms with E-state index >= 15 is 0 Å². The van der Waals surface area contributed by atoms with Gasteiger partial charge >= 0.3 is 6.01 Å². The molecule has 13 heavy (non-hydrogen) atoms. The van der Waals surface area contributed by atoms with Crippen molar-refractivity contribution in [1.82, 2.24) is 10.1 Å². The summed E-state index contributed by atoms with van der Waals surface area (Å²) in [6.45, 7) is 3.29. The van der Waals surface area contributed by atoms with Gasteiger partial charge in [-0.25, -0.2) is 4.99 Å². The van der Waals surface area contributed by atoms with E-state index < -0.39 is 0 Å². The molecule has 0 saturated heterocycles. The van der Waals surface area contributed by atoms with Crippen LogP contribution in [0, 0.1) is 0 Å². The molecule has 2 rings (SSSR count). The second kappa shape index (κ2) is 3.18. The lowest BCUT2D eigenvalue weighted by Crippen LogP contribution is -1.77. The maximum Gasteiger partial charge on any atom is 0.347 e. The Morgan fingerprint density at radius 2 is 2.00 bits per heavy atom. The summed E-state index contributed by atoms with van der Waals surface area (Å²) < 4.78 is 4.78. The largest absolute Gasteiger partial charge is 0.347 e. The molecular formula is C9H7N3O. The maximum absolute atomic E-state index is 4.78. The van der Waals surface area contributed by atoms with Gasteiger partial charge in [0.05, 0.1) is 0 Å². The fraction of sp³-hybridized carbons (Fsp3) is 0. The average Bonchev–Trinajstić information content (AvgIpc) is 2.67. The van der Waals surface area contributed by atoms with Gasteiger partial charge in [-0.05, 0) is 6.72 Å². The van der Waals surface area contributed by atoms with E-state index in [0.29, 0.717) is 5.82 Å². The Bertz CT molecular complexity index is 408. The predicted octanol–water partition coefficient (Wildman–Crippen LogP) is 2.07. The molecule has 0 unspecified atom stereocenters. The van der Waals surface area contributed by atoms with E-state index in [-0.39, 0.29) is 6.01 Å². The first-order valence-electron chi connectivity index (χ1n) is 3.76. The van der Waals surface area contributed by atoms with Crippen molar-refractivity contribution in [1.29, 1.82) is 0 Å². The van der Waals surface area contributed by atoms with E-state index in [0.717, 1.165) is 5.56 Å². The molecule has 0 spiro atoms. The molecule has 0 saturated carbocycles. The molecule has 2 aromatic rings. The molecule has 0 aliphatic heterocycles. The van der Waals surface area contributed by atoms with Gasteiger partial charge in [-0.15, -0.1) is 0 Å². The Kier molecular flexibility index (Phi) is 1.88. The van der Waals surface area contributed by atoms with Crippen LogP contribution >= 0.6 is 0 Å². The minimum absolute atomic E-state index is 0.193. The molecule has 64 valence electrons. The van der Waals surface area contributed by atoms with Gasteiger partial charge in [0, 0.05) is 5.56 Å². The summed E-state index contributed by atoms with van der Waals surface area (Å²) in [6.07, 6.45) is 0. The fourth-order valence-electron chi connectivity index (χ4n) is 0.984. The summed E-state index contributed by atoms with van der Waals surface area (Å²) in [5.41, 5.74) is 0.904. The molecule has 0 atom stereocenters. The quantitative estimate of drug-likeness (QED) is 0.653. The number of hydrogen-bond donors (Lipinski definition) is 0. The van der Waals surface area contributed by atoms with E-state index in [1.165, 1.54) is 0 Å². The molecule has 0 bridgehead atoms. The third-order valence-electron chi connectivity index (χ3n) is 1.58. The van der Waals surface area contributed by atoms with E-state index in [1.807, 2.05) is 30.3 Å². The van der Waals surface area contributed by atoms with Gasteiger partial charge in [-0.3, -0.25) is 0 Å². The smallest absolute Gasteiger partial charge is 0.313 e. The number of nitrogens with zero attached hydrogens (tertiary/aromatic N) is 3. The third-order valence-corrected chi connectivity index (χ3v) is 1.58. The molecule has 1 heterocycles. The second-order valence-corrected chi connectivity index (χ2v) is 2.42. The molecule has 1 aromatic heterocycles. The van der Waals surface area contributed by atoms with Crippen molar-refractivity contribution in [3.05, 3.63) is 30.3 Å². The van der Waals surface area contributed by atoms with Crippen LogP contribution in [-0.2, 0) is 0 Å². The van der Waals surface area contributed by atoms with Gasteiger partial charge in [0.1, 0.15) is 0 Å². The van der Waals surface area contributed by atoms with Crippen LogP contribution in [-0.4, -0.2) is 16.9 Å². The van der Waals surface area contributed by atoms with Crippen molar-refractivity contribution in [3.8, 4) is 11.4 Å². The zero-order valence-electron chi connectivity index (χ0n) is 6.84. The van der Waals surface area contributed by atoms with E-state index in [2.05, 4.69) is 21.9 Å². The monoisotopic (exact) mass is 173 g/mol. The van der Waals surface area contributed by atoms with Gasteiger partial charge in [-0.1, -0.05) is 35.5 Å². The average molecular weight is 173 g/mol. The summed E-state index contributed by atoms with van der Waals surface area (Å²) in [4.78, 5) is 7.52. The molecule has 0 radical (unpaired) electrons. The first-order valence-corrected chi connectivity index (χ1v) is 3.76. The third kappa shape index (κ3) is 1.46. The molecule has 4 nitrogen and oxygen atoms in total. The zero-order valence-corrected chi connectivity index (χ0v) is 6.84. The molecule has 0 aliphatic carbocycles. The fourth-order valence-corrected chi connectivity index (χ4v) is 0.984. The molecule has 0 amide bonds. The lowest BCUT2D eigenvalue weighted by molar-refractivity contribution is 0.430. The maximum atomic E-state index is 4.78. The first kappa shape index (κ1) is 7.67. The Labute approximate surface area is 74.9 Å². The SMILES string of the molecule is C=Nc1nc(-c2ccccc2)no1. The van der Waals surface area contributed by atoms with Gasteiger partial charge in [0.2, 0.25) is 5.82 Å². The van der Waals surface area contributed by atoms with Crippen LogP contribution in [0.2, 0.25) is 0 Å². The first-order chi connectivity index (χ1) is 6.40. The lowest BCUT2D eigenvalue weighted by Gasteiger charge is -1.89. The van der Waals surface area contributed by atoms with Crippen LogP contribution in [0.25, 0.3) is 11.4 Å². The van der Waals surface area contributed by atoms with E-state index in [1.54, 1.807) is 0 Å². The van der Waals surface area contributed by atoms with Crippen LogP contribution in [0.5, 0.6) is 0 Å². The van der Waals surface area contributed by atoms with Crippen molar-refractivity contribution < 1.29 is 4.52 Å². The highest BCUT2D eigenvalue weighted by molar-refractivity contribution is 5.54. The van der Waals surface area contributed by atoms with Crippen molar-refractivity contribution in [3.63, 3.8) is 0 Å². The Morgan fingerprint density at radius 1 is 1.23 bits per heavy atom. The van der Waals surface area contributed by atoms with Crippen LogP contribution in [0.3, 0.4) is 0 Å². The summed E-state index contributed by atoms with van der Waals surface area (Å²) in [5, 5.41) is 3.74. The van der Waals surface area contributed by atoms with Crippen molar-refractivity contribution >= 4 is 12.7 Å². The van der Waals surface area contributed by atoms with Crippen molar-refractivity contribution in [2.24, 2.45) is 4.99 Å². The molecule has 4 heteroatoms. The van der Waals surface area contributed by atoms with Gasteiger partial charge in [0.25, 0.3) is 0 Å². The van der Waals surface area contributed by atoms with Gasteiger partial charge in [0.15, 0.2) is 0 Å². The predicted molar refractivity (Wildman–Crippen MR) is 48.9 cm³/mol. The number of hydrogen-bond acceptors (Lipinski definition) is 4. The zero-order chi connectivity index (χ0) is 9.10.